The maximum atomic E-state index is 12.9. The summed E-state index contributed by atoms with van der Waals surface area (Å²) >= 11 is 0. The number of piperazine rings is 1. The zero-order chi connectivity index (χ0) is 23.9. The van der Waals surface area contributed by atoms with Crippen molar-refractivity contribution in [3.05, 3.63) is 54.1 Å². The van der Waals surface area contributed by atoms with Crippen LogP contribution in [0.4, 0.5) is 5.69 Å². The van der Waals surface area contributed by atoms with Crippen molar-refractivity contribution in [3.8, 4) is 11.5 Å². The lowest BCUT2D eigenvalue weighted by Gasteiger charge is -2.43. The smallest absolute Gasteiger partial charge is 0.223 e. The van der Waals surface area contributed by atoms with Gasteiger partial charge in [-0.1, -0.05) is 30.3 Å². The zero-order valence-electron chi connectivity index (χ0n) is 19.9. The Morgan fingerprint density at radius 2 is 1.76 bits per heavy atom. The average molecular weight is 466 g/mol. The van der Waals surface area contributed by atoms with Gasteiger partial charge >= 0.3 is 0 Å². The number of hydrogen-bond donors (Lipinski definition) is 1. The summed E-state index contributed by atoms with van der Waals surface area (Å²) in [6, 6.07) is 16.3. The normalized spacial score (nSPS) is 18.7. The third-order valence-corrected chi connectivity index (χ3v) is 6.81. The molecule has 2 amide bonds. The summed E-state index contributed by atoms with van der Waals surface area (Å²) in [7, 11) is 1.67. The molecule has 2 aromatic carbocycles. The number of ether oxygens (including phenoxy) is 2. The Kier molecular flexibility index (Phi) is 7.93. The van der Waals surface area contributed by atoms with E-state index in [1.54, 1.807) is 7.11 Å². The standard InChI is InChI=1S/C27H35N3O4/c1-33-24-12-11-21(18-25(24)34-23-9-5-6-10-23)29-15-16-30(27(32)14-13-26(28)31)22(19-29)17-20-7-3-2-4-8-20/h2-4,7-8,11-12,18,22-23H,5-6,9-10,13-17,19H2,1H3,(H2,28,31)/t22-/m0/s1. The summed E-state index contributed by atoms with van der Waals surface area (Å²) in [4.78, 5) is 28.4. The molecule has 2 fully saturated rings. The molecule has 34 heavy (non-hydrogen) atoms. The first kappa shape index (κ1) is 23.9. The highest BCUT2D eigenvalue weighted by Crippen LogP contribution is 2.36. The molecule has 1 aliphatic carbocycles. The van der Waals surface area contributed by atoms with Crippen LogP contribution in [0.25, 0.3) is 0 Å². The summed E-state index contributed by atoms with van der Waals surface area (Å²) in [5, 5.41) is 0. The second kappa shape index (κ2) is 11.3. The lowest BCUT2D eigenvalue weighted by Crippen LogP contribution is -2.56. The number of nitrogens with zero attached hydrogens (tertiary/aromatic N) is 2. The summed E-state index contributed by atoms with van der Waals surface area (Å²) in [5.74, 6) is 1.07. The fourth-order valence-corrected chi connectivity index (χ4v) is 4.99. The first-order valence-corrected chi connectivity index (χ1v) is 12.2. The fraction of sp³-hybridized carbons (Fsp3) is 0.481. The minimum absolute atomic E-state index is 0.00201. The molecule has 1 heterocycles. The monoisotopic (exact) mass is 465 g/mol. The second-order valence-electron chi connectivity index (χ2n) is 9.20. The third-order valence-electron chi connectivity index (χ3n) is 6.81. The highest BCUT2D eigenvalue weighted by atomic mass is 16.5. The highest BCUT2D eigenvalue weighted by molar-refractivity contribution is 5.83. The van der Waals surface area contributed by atoms with E-state index in [2.05, 4.69) is 29.2 Å². The van der Waals surface area contributed by atoms with Crippen molar-refractivity contribution >= 4 is 17.5 Å². The molecule has 1 atom stereocenters. The van der Waals surface area contributed by atoms with Crippen LogP contribution in [-0.2, 0) is 16.0 Å². The minimum Gasteiger partial charge on any atom is -0.493 e. The summed E-state index contributed by atoms with van der Waals surface area (Å²) in [5.41, 5.74) is 7.53. The van der Waals surface area contributed by atoms with E-state index in [1.165, 1.54) is 18.4 Å². The van der Waals surface area contributed by atoms with Crippen LogP contribution >= 0.6 is 0 Å². The molecular formula is C27H35N3O4. The maximum absolute atomic E-state index is 12.9. The summed E-state index contributed by atoms with van der Waals surface area (Å²) < 4.78 is 11.9. The maximum Gasteiger partial charge on any atom is 0.223 e. The largest absolute Gasteiger partial charge is 0.493 e. The van der Waals surface area contributed by atoms with E-state index < -0.39 is 5.91 Å². The molecule has 2 aromatic rings. The molecule has 0 spiro atoms. The van der Waals surface area contributed by atoms with Crippen molar-refractivity contribution in [2.24, 2.45) is 5.73 Å². The van der Waals surface area contributed by atoms with Crippen molar-refractivity contribution in [1.29, 1.82) is 0 Å². The Bertz CT molecular complexity index is 975. The van der Waals surface area contributed by atoms with E-state index in [-0.39, 0.29) is 30.9 Å². The summed E-state index contributed by atoms with van der Waals surface area (Å²) in [6.07, 6.45) is 5.81. The molecule has 0 bridgehead atoms. The molecule has 2 aliphatic rings. The molecule has 1 saturated carbocycles. The van der Waals surface area contributed by atoms with Gasteiger partial charge in [-0.2, -0.15) is 0 Å². The third kappa shape index (κ3) is 6.01. The molecule has 2 N–H and O–H groups in total. The van der Waals surface area contributed by atoms with E-state index >= 15 is 0 Å². The van der Waals surface area contributed by atoms with Gasteiger partial charge in [0.15, 0.2) is 11.5 Å². The van der Waals surface area contributed by atoms with E-state index in [9.17, 15) is 9.59 Å². The lowest BCUT2D eigenvalue weighted by atomic mass is 10.0. The average Bonchev–Trinajstić information content (AvgIpc) is 3.36. The molecule has 4 rings (SSSR count). The molecule has 0 unspecified atom stereocenters. The minimum atomic E-state index is -0.445. The Morgan fingerprint density at radius 1 is 1.00 bits per heavy atom. The van der Waals surface area contributed by atoms with Crippen LogP contribution in [0.5, 0.6) is 11.5 Å². The van der Waals surface area contributed by atoms with Crippen molar-refractivity contribution in [3.63, 3.8) is 0 Å². The Morgan fingerprint density at radius 3 is 2.47 bits per heavy atom. The SMILES string of the molecule is COc1ccc(N2CCN(C(=O)CCC(N)=O)[C@@H](Cc3ccccc3)C2)cc1OC1CCCC1. The topological polar surface area (TPSA) is 85.1 Å². The number of benzene rings is 2. The second-order valence-corrected chi connectivity index (χ2v) is 9.20. The molecule has 0 aromatic heterocycles. The van der Waals surface area contributed by atoms with Gasteiger partial charge in [-0.3, -0.25) is 9.59 Å². The number of hydrogen-bond acceptors (Lipinski definition) is 5. The molecule has 1 aliphatic heterocycles. The number of amides is 2. The van der Waals surface area contributed by atoms with Gasteiger partial charge in [0.05, 0.1) is 19.3 Å². The van der Waals surface area contributed by atoms with Crippen molar-refractivity contribution in [2.45, 2.75) is 57.1 Å². The van der Waals surface area contributed by atoms with Gasteiger partial charge in [0.25, 0.3) is 0 Å². The summed E-state index contributed by atoms with van der Waals surface area (Å²) in [6.45, 7) is 2.01. The first-order chi connectivity index (χ1) is 16.5. The van der Waals surface area contributed by atoms with Crippen LogP contribution in [0, 0.1) is 0 Å². The van der Waals surface area contributed by atoms with Gasteiger partial charge < -0.3 is 25.0 Å². The van der Waals surface area contributed by atoms with Gasteiger partial charge in [-0.05, 0) is 49.8 Å². The van der Waals surface area contributed by atoms with Gasteiger partial charge in [-0.15, -0.1) is 0 Å². The molecule has 0 radical (unpaired) electrons. The van der Waals surface area contributed by atoms with Gasteiger partial charge in [0.1, 0.15) is 0 Å². The van der Waals surface area contributed by atoms with E-state index in [1.807, 2.05) is 29.2 Å². The number of anilines is 1. The van der Waals surface area contributed by atoms with Crippen LogP contribution in [-0.4, -0.2) is 55.6 Å². The van der Waals surface area contributed by atoms with Crippen LogP contribution in [0.2, 0.25) is 0 Å². The Balaban J connectivity index is 1.52. The number of nitrogens with two attached hydrogens (primary N) is 1. The molecule has 7 nitrogen and oxygen atoms in total. The number of carbonyl (C=O) groups excluding carboxylic acids is 2. The van der Waals surface area contributed by atoms with Crippen LogP contribution in [0.3, 0.4) is 0 Å². The van der Waals surface area contributed by atoms with Crippen molar-refractivity contribution in [2.75, 3.05) is 31.6 Å². The van der Waals surface area contributed by atoms with E-state index in [0.29, 0.717) is 19.6 Å². The molecule has 7 heteroatoms. The first-order valence-electron chi connectivity index (χ1n) is 12.2. The molecular weight excluding hydrogens is 430 g/mol. The van der Waals surface area contributed by atoms with Crippen LogP contribution in [0.1, 0.15) is 44.1 Å². The van der Waals surface area contributed by atoms with Crippen molar-refractivity contribution in [1.82, 2.24) is 4.90 Å². The Labute approximate surface area is 201 Å². The fourth-order valence-electron chi connectivity index (χ4n) is 4.99. The van der Waals surface area contributed by atoms with Crippen LogP contribution in [0.15, 0.2) is 48.5 Å². The van der Waals surface area contributed by atoms with Crippen LogP contribution < -0.4 is 20.1 Å². The predicted octanol–water partition coefficient (Wildman–Crippen LogP) is 3.54. The quantitative estimate of drug-likeness (QED) is 0.612. The number of methoxy groups -OCH3 is 1. The number of carbonyl (C=O) groups is 2. The zero-order valence-corrected chi connectivity index (χ0v) is 19.9. The predicted molar refractivity (Wildman–Crippen MR) is 132 cm³/mol. The number of primary amides is 1. The van der Waals surface area contributed by atoms with E-state index in [4.69, 9.17) is 15.2 Å². The van der Waals surface area contributed by atoms with Gasteiger partial charge in [-0.25, -0.2) is 0 Å². The lowest BCUT2D eigenvalue weighted by molar-refractivity contribution is -0.135. The van der Waals surface area contributed by atoms with E-state index in [0.717, 1.165) is 36.4 Å². The Hall–Kier alpha value is -3.22. The molecule has 182 valence electrons. The van der Waals surface area contributed by atoms with Gasteiger partial charge in [0.2, 0.25) is 11.8 Å². The van der Waals surface area contributed by atoms with Crippen molar-refractivity contribution < 1.29 is 19.1 Å². The molecule has 1 saturated heterocycles. The highest BCUT2D eigenvalue weighted by Gasteiger charge is 2.31. The number of rotatable bonds is 9. The van der Waals surface area contributed by atoms with Gasteiger partial charge in [0, 0.05) is 44.2 Å².